The van der Waals surface area contributed by atoms with Crippen molar-refractivity contribution in [1.82, 2.24) is 24.5 Å². The Balaban J connectivity index is 1.23. The average molecular weight is 405 g/mol. The molecule has 1 N–H and O–H groups in total. The summed E-state index contributed by atoms with van der Waals surface area (Å²) in [7, 11) is 1.98. The highest BCUT2D eigenvalue weighted by Gasteiger charge is 2.31. The Labute approximate surface area is 176 Å². The molecule has 1 aromatic carbocycles. The molecule has 0 atom stereocenters. The first kappa shape index (κ1) is 19.1. The third-order valence-electron chi connectivity index (χ3n) is 6.12. The number of carbonyl (C=O) groups is 1. The number of hydrogen-bond donors (Lipinski definition) is 1. The summed E-state index contributed by atoms with van der Waals surface area (Å²) in [5.74, 6) is 1.18. The second-order valence-corrected chi connectivity index (χ2v) is 8.47. The zero-order valence-corrected chi connectivity index (χ0v) is 17.4. The Kier molecular flexibility index (Phi) is 5.12. The van der Waals surface area contributed by atoms with Crippen LogP contribution in [0.25, 0.3) is 11.3 Å². The molecule has 5 rings (SSSR count). The zero-order chi connectivity index (χ0) is 20.5. The molecule has 3 aromatic rings. The number of likely N-dealkylation sites (tertiary alicyclic amines) is 1. The summed E-state index contributed by atoms with van der Waals surface area (Å²) in [6.07, 6.45) is 7.99. The second kappa shape index (κ2) is 8.07. The van der Waals surface area contributed by atoms with Crippen molar-refractivity contribution < 1.29 is 4.79 Å². The van der Waals surface area contributed by atoms with Crippen molar-refractivity contribution in [1.29, 1.82) is 0 Å². The van der Waals surface area contributed by atoms with Crippen LogP contribution in [0.3, 0.4) is 0 Å². The molecular weight excluding hydrogens is 376 g/mol. The van der Waals surface area contributed by atoms with E-state index in [4.69, 9.17) is 5.10 Å². The van der Waals surface area contributed by atoms with Gasteiger partial charge in [0, 0.05) is 56.0 Å². The van der Waals surface area contributed by atoms with Gasteiger partial charge < -0.3 is 5.32 Å². The molecule has 2 fully saturated rings. The number of aryl methyl sites for hydroxylation is 1. The Morgan fingerprint density at radius 1 is 1.10 bits per heavy atom. The molecule has 0 spiro atoms. The van der Waals surface area contributed by atoms with Crippen LogP contribution in [0.15, 0.2) is 48.8 Å². The maximum absolute atomic E-state index is 12.1. The van der Waals surface area contributed by atoms with Gasteiger partial charge in [0.15, 0.2) is 0 Å². The average Bonchev–Trinajstić information content (AvgIpc) is 3.42. The zero-order valence-electron chi connectivity index (χ0n) is 17.4. The van der Waals surface area contributed by atoms with Crippen LogP contribution in [0.1, 0.15) is 37.3 Å². The first-order valence-corrected chi connectivity index (χ1v) is 10.8. The number of amides is 1. The number of nitrogens with zero attached hydrogens (tertiary/aromatic N) is 5. The predicted octanol–water partition coefficient (Wildman–Crippen LogP) is 3.47. The molecule has 1 aliphatic heterocycles. The molecule has 0 radical (unpaired) electrons. The van der Waals surface area contributed by atoms with Gasteiger partial charge in [-0.15, -0.1) is 0 Å². The fraction of sp³-hybridized carbons (Fsp3) is 0.435. The Morgan fingerprint density at radius 3 is 2.60 bits per heavy atom. The third kappa shape index (κ3) is 4.03. The topological polar surface area (TPSA) is 68.0 Å². The van der Waals surface area contributed by atoms with E-state index in [1.165, 1.54) is 5.56 Å². The number of carbonyl (C=O) groups excluding carboxylic acids is 1. The van der Waals surface area contributed by atoms with Crippen molar-refractivity contribution in [3.8, 4) is 11.3 Å². The predicted molar refractivity (Wildman–Crippen MR) is 116 cm³/mol. The van der Waals surface area contributed by atoms with Gasteiger partial charge in [-0.05, 0) is 25.7 Å². The highest BCUT2D eigenvalue weighted by Crippen LogP contribution is 2.32. The lowest BCUT2D eigenvalue weighted by Crippen LogP contribution is -2.35. The summed E-state index contributed by atoms with van der Waals surface area (Å²) in [4.78, 5) is 14.6. The van der Waals surface area contributed by atoms with Gasteiger partial charge in [-0.3, -0.25) is 14.4 Å². The molecule has 2 aliphatic rings. The summed E-state index contributed by atoms with van der Waals surface area (Å²) in [6.45, 7) is 2.91. The summed E-state index contributed by atoms with van der Waals surface area (Å²) in [6, 6.07) is 12.6. The normalized spacial score (nSPS) is 17.9. The van der Waals surface area contributed by atoms with Crippen molar-refractivity contribution in [3.05, 3.63) is 54.4 Å². The molecule has 1 saturated heterocycles. The maximum Gasteiger partial charge on any atom is 0.228 e. The van der Waals surface area contributed by atoms with Gasteiger partial charge in [0.05, 0.1) is 17.9 Å². The summed E-state index contributed by atoms with van der Waals surface area (Å²) >= 11 is 0. The van der Waals surface area contributed by atoms with E-state index in [9.17, 15) is 4.79 Å². The smallest absolute Gasteiger partial charge is 0.228 e. The first-order chi connectivity index (χ1) is 14.7. The highest BCUT2D eigenvalue weighted by atomic mass is 16.2. The van der Waals surface area contributed by atoms with E-state index in [1.54, 1.807) is 6.20 Å². The molecule has 7 nitrogen and oxygen atoms in total. The molecule has 3 heterocycles. The van der Waals surface area contributed by atoms with Crippen molar-refractivity contribution in [2.24, 2.45) is 13.0 Å². The number of anilines is 1. The van der Waals surface area contributed by atoms with E-state index in [-0.39, 0.29) is 11.8 Å². The van der Waals surface area contributed by atoms with Crippen LogP contribution in [0, 0.1) is 5.92 Å². The van der Waals surface area contributed by atoms with Crippen molar-refractivity contribution in [3.63, 3.8) is 0 Å². The quantitative estimate of drug-likeness (QED) is 0.683. The standard InChI is InChI=1S/C23H28N6O/c1-27-15-19(22(26-27)17-5-3-2-4-6-17)16-28-13-10-20(11-14-28)29-21(9-12-24-29)25-23(30)18-7-8-18/h2-6,9,12,15,18,20H,7-8,10-11,13-14,16H2,1H3,(H,25,30). The van der Waals surface area contributed by atoms with E-state index >= 15 is 0 Å². The number of piperidine rings is 1. The van der Waals surface area contributed by atoms with Gasteiger partial charge >= 0.3 is 0 Å². The molecule has 0 unspecified atom stereocenters. The molecule has 1 saturated carbocycles. The number of aromatic nitrogens is 4. The number of rotatable bonds is 6. The van der Waals surface area contributed by atoms with E-state index in [2.05, 4.69) is 45.8 Å². The molecule has 1 amide bonds. The van der Waals surface area contributed by atoms with E-state index in [0.717, 1.165) is 62.4 Å². The third-order valence-corrected chi connectivity index (χ3v) is 6.12. The van der Waals surface area contributed by atoms with Crippen molar-refractivity contribution in [2.75, 3.05) is 18.4 Å². The van der Waals surface area contributed by atoms with Gasteiger partial charge in [0.2, 0.25) is 5.91 Å². The van der Waals surface area contributed by atoms with Gasteiger partial charge in [0.1, 0.15) is 5.82 Å². The van der Waals surface area contributed by atoms with Crippen LogP contribution < -0.4 is 5.32 Å². The van der Waals surface area contributed by atoms with Crippen LogP contribution >= 0.6 is 0 Å². The number of benzene rings is 1. The van der Waals surface area contributed by atoms with Crippen LogP contribution in [-0.2, 0) is 18.4 Å². The van der Waals surface area contributed by atoms with Gasteiger partial charge in [-0.2, -0.15) is 10.2 Å². The van der Waals surface area contributed by atoms with Crippen molar-refractivity contribution >= 4 is 11.7 Å². The minimum absolute atomic E-state index is 0.138. The molecule has 156 valence electrons. The van der Waals surface area contributed by atoms with Crippen LogP contribution in [0.2, 0.25) is 0 Å². The minimum Gasteiger partial charge on any atom is -0.311 e. The number of hydrogen-bond acceptors (Lipinski definition) is 4. The first-order valence-electron chi connectivity index (χ1n) is 10.8. The molecule has 7 heteroatoms. The highest BCUT2D eigenvalue weighted by molar-refractivity contribution is 5.93. The fourth-order valence-corrected chi connectivity index (χ4v) is 4.33. The van der Waals surface area contributed by atoms with Crippen LogP contribution in [-0.4, -0.2) is 43.5 Å². The minimum atomic E-state index is 0.138. The van der Waals surface area contributed by atoms with Gasteiger partial charge in [-0.25, -0.2) is 4.68 Å². The van der Waals surface area contributed by atoms with Gasteiger partial charge in [0.25, 0.3) is 0 Å². The summed E-state index contributed by atoms with van der Waals surface area (Å²) in [5.41, 5.74) is 3.49. The molecular formula is C23H28N6O. The SMILES string of the molecule is Cn1cc(CN2CCC(n3nccc3NC(=O)C3CC3)CC2)c(-c2ccccc2)n1. The largest absolute Gasteiger partial charge is 0.311 e. The molecule has 0 bridgehead atoms. The lowest BCUT2D eigenvalue weighted by atomic mass is 10.0. The Morgan fingerprint density at radius 2 is 1.87 bits per heavy atom. The molecule has 1 aliphatic carbocycles. The summed E-state index contributed by atoms with van der Waals surface area (Å²) < 4.78 is 3.92. The van der Waals surface area contributed by atoms with E-state index < -0.39 is 0 Å². The van der Waals surface area contributed by atoms with Crippen LogP contribution in [0.4, 0.5) is 5.82 Å². The summed E-state index contributed by atoms with van der Waals surface area (Å²) in [5, 5.41) is 12.3. The van der Waals surface area contributed by atoms with E-state index in [1.807, 2.05) is 28.5 Å². The monoisotopic (exact) mass is 404 g/mol. The molecule has 30 heavy (non-hydrogen) atoms. The van der Waals surface area contributed by atoms with Crippen molar-refractivity contribution in [2.45, 2.75) is 38.3 Å². The fourth-order valence-electron chi connectivity index (χ4n) is 4.33. The van der Waals surface area contributed by atoms with Gasteiger partial charge in [-0.1, -0.05) is 30.3 Å². The Bertz CT molecular complexity index is 1010. The van der Waals surface area contributed by atoms with Crippen LogP contribution in [0.5, 0.6) is 0 Å². The second-order valence-electron chi connectivity index (χ2n) is 8.47. The Hall–Kier alpha value is -2.93. The molecule has 2 aromatic heterocycles. The number of nitrogens with one attached hydrogen (secondary N) is 1. The lowest BCUT2D eigenvalue weighted by molar-refractivity contribution is -0.117. The van der Waals surface area contributed by atoms with E-state index in [0.29, 0.717) is 6.04 Å². The lowest BCUT2D eigenvalue weighted by Gasteiger charge is -2.32. The maximum atomic E-state index is 12.1.